The molecule has 5 rings (SSSR count). The van der Waals surface area contributed by atoms with Gasteiger partial charge in [0, 0.05) is 18.2 Å². The molecule has 55 heavy (non-hydrogen) atoms. The number of alkyl carbamates (subject to hydrolysis) is 1. The van der Waals surface area contributed by atoms with Crippen LogP contribution < -0.4 is 20.3 Å². The van der Waals surface area contributed by atoms with E-state index < -0.39 is 104 Å². The molecule has 19 heteroatoms. The van der Waals surface area contributed by atoms with Gasteiger partial charge >= 0.3 is 18.4 Å². The highest BCUT2D eigenvalue weighted by atomic mass is 32.2. The summed E-state index contributed by atoms with van der Waals surface area (Å²) in [6.45, 7) is 5.78. The number of alkyl halides is 3. The number of ether oxygens (including phenoxy) is 1. The van der Waals surface area contributed by atoms with E-state index in [0.717, 1.165) is 21.9 Å². The Kier molecular flexibility index (Phi) is 11.3. The number of sulfonamides is 1. The second kappa shape index (κ2) is 14.9. The van der Waals surface area contributed by atoms with Gasteiger partial charge in [-0.15, -0.1) is 0 Å². The fourth-order valence-electron chi connectivity index (χ4n) is 7.24. The normalized spacial score (nSPS) is 29.7. The van der Waals surface area contributed by atoms with Crippen LogP contribution in [0.1, 0.15) is 79.6 Å². The lowest BCUT2D eigenvalue weighted by molar-refractivity contribution is -0.244. The van der Waals surface area contributed by atoms with Crippen molar-refractivity contribution in [1.82, 2.24) is 20.3 Å². The fourth-order valence-corrected chi connectivity index (χ4v) is 8.55. The molecule has 4 N–H and O–H groups in total. The number of benzene rings is 1. The number of anilines is 1. The van der Waals surface area contributed by atoms with Crippen molar-refractivity contribution in [2.45, 2.75) is 120 Å². The lowest BCUT2D eigenvalue weighted by atomic mass is 9.88. The van der Waals surface area contributed by atoms with Gasteiger partial charge in [-0.25, -0.2) is 22.4 Å². The van der Waals surface area contributed by atoms with Gasteiger partial charge in [0.25, 0.3) is 5.91 Å². The first-order chi connectivity index (χ1) is 25.4. The molecule has 0 unspecified atom stereocenters. The van der Waals surface area contributed by atoms with Crippen molar-refractivity contribution in [3.63, 3.8) is 0 Å². The SMILES string of the molecule is C[C@@H]1CCC=C[C@@H]2C[C@@]2(C(=O)NS(=O)(=O)C2(C)CC2)NC(=O)[C@@H]2C[C@@H](N(C(=O)O)c3ccc(F)cc3)CN2C(=O)[C@@H](NC(=O)OC(C)(C)C(F)(F)F)[C@H](C)C1. The number of amides is 5. The lowest BCUT2D eigenvalue weighted by Crippen LogP contribution is -2.59. The van der Waals surface area contributed by atoms with Gasteiger partial charge < -0.3 is 25.4 Å². The molecule has 2 saturated carbocycles. The molecule has 2 heterocycles. The summed E-state index contributed by atoms with van der Waals surface area (Å²) in [6, 6.07) is 0.190. The summed E-state index contributed by atoms with van der Waals surface area (Å²) in [5.74, 6) is -4.98. The van der Waals surface area contributed by atoms with Crippen molar-refractivity contribution < 1.29 is 59.8 Å². The molecule has 1 aromatic carbocycles. The highest BCUT2D eigenvalue weighted by molar-refractivity contribution is 7.91. The van der Waals surface area contributed by atoms with Gasteiger partial charge in [0.1, 0.15) is 23.4 Å². The van der Waals surface area contributed by atoms with E-state index in [2.05, 4.69) is 15.4 Å². The van der Waals surface area contributed by atoms with Crippen molar-refractivity contribution in [2.75, 3.05) is 11.4 Å². The molecule has 1 saturated heterocycles. The maximum atomic E-state index is 14.6. The molecular weight excluding hydrogens is 754 g/mol. The van der Waals surface area contributed by atoms with Gasteiger partial charge in [0.2, 0.25) is 27.4 Å². The zero-order valence-electron chi connectivity index (χ0n) is 31.1. The van der Waals surface area contributed by atoms with Gasteiger partial charge in [-0.05, 0) is 102 Å². The predicted octanol–water partition coefficient (Wildman–Crippen LogP) is 4.60. The van der Waals surface area contributed by atoms with Crippen LogP contribution in [0.5, 0.6) is 0 Å². The molecule has 0 aromatic heterocycles. The number of nitrogens with one attached hydrogen (secondary N) is 3. The van der Waals surface area contributed by atoms with E-state index in [0.29, 0.717) is 39.5 Å². The summed E-state index contributed by atoms with van der Waals surface area (Å²) in [4.78, 5) is 70.3. The molecule has 1 aromatic rings. The number of nitrogens with zero attached hydrogens (tertiary/aromatic N) is 2. The van der Waals surface area contributed by atoms with Crippen molar-refractivity contribution in [3.8, 4) is 0 Å². The van der Waals surface area contributed by atoms with Gasteiger partial charge in [0.05, 0.1) is 10.8 Å². The maximum Gasteiger partial charge on any atom is 0.427 e. The third-order valence-corrected chi connectivity index (χ3v) is 13.4. The van der Waals surface area contributed by atoms with Gasteiger partial charge in [0.15, 0.2) is 0 Å². The zero-order valence-corrected chi connectivity index (χ0v) is 31.9. The lowest BCUT2D eigenvalue weighted by Gasteiger charge is -2.34. The van der Waals surface area contributed by atoms with Crippen LogP contribution in [0.3, 0.4) is 0 Å². The summed E-state index contributed by atoms with van der Waals surface area (Å²) in [5.41, 5.74) is -4.68. The topological polar surface area (TPSA) is 192 Å². The minimum atomic E-state index is -4.96. The smallest absolute Gasteiger partial charge is 0.427 e. The average molecular weight is 802 g/mol. The summed E-state index contributed by atoms with van der Waals surface area (Å²) < 4.78 is 86.7. The van der Waals surface area contributed by atoms with Gasteiger partial charge in [-0.1, -0.05) is 26.0 Å². The van der Waals surface area contributed by atoms with Crippen LogP contribution in [0.4, 0.5) is 32.8 Å². The predicted molar refractivity (Wildman–Crippen MR) is 189 cm³/mol. The maximum absolute atomic E-state index is 14.6. The second-order valence-corrected chi connectivity index (χ2v) is 18.2. The van der Waals surface area contributed by atoms with E-state index in [4.69, 9.17) is 4.74 Å². The monoisotopic (exact) mass is 801 g/mol. The number of carboxylic acid groups (broad SMARTS) is 1. The largest absolute Gasteiger partial charge is 0.465 e. The first-order valence-corrected chi connectivity index (χ1v) is 19.6. The molecule has 0 spiro atoms. The molecule has 0 radical (unpaired) electrons. The number of hydrogen-bond acceptors (Lipinski definition) is 8. The van der Waals surface area contributed by atoms with E-state index in [9.17, 15) is 55.1 Å². The van der Waals surface area contributed by atoms with E-state index in [1.807, 2.05) is 6.92 Å². The molecule has 2 aliphatic heterocycles. The van der Waals surface area contributed by atoms with Crippen LogP contribution in [-0.4, -0.2) is 95.1 Å². The molecule has 14 nitrogen and oxygen atoms in total. The van der Waals surface area contributed by atoms with E-state index in [1.165, 1.54) is 19.1 Å². The highest BCUT2D eigenvalue weighted by Gasteiger charge is 2.63. The summed E-state index contributed by atoms with van der Waals surface area (Å²) in [5, 5.41) is 15.2. The van der Waals surface area contributed by atoms with Crippen LogP contribution in [0.15, 0.2) is 36.4 Å². The first-order valence-electron chi connectivity index (χ1n) is 18.1. The number of halogens is 4. The van der Waals surface area contributed by atoms with Crippen LogP contribution in [0.2, 0.25) is 0 Å². The quantitative estimate of drug-likeness (QED) is 0.226. The Balaban J connectivity index is 1.54. The minimum absolute atomic E-state index is 0.00588. The van der Waals surface area contributed by atoms with Crippen LogP contribution >= 0.6 is 0 Å². The van der Waals surface area contributed by atoms with Crippen molar-refractivity contribution >= 4 is 45.6 Å². The Hall–Kier alpha value is -4.42. The number of hydrogen-bond donors (Lipinski definition) is 4. The van der Waals surface area contributed by atoms with Crippen LogP contribution in [0.25, 0.3) is 0 Å². The Morgan fingerprint density at radius 3 is 2.29 bits per heavy atom. The second-order valence-electron chi connectivity index (χ2n) is 16.0. The third-order valence-electron chi connectivity index (χ3n) is 11.2. The standard InChI is InChI=1S/C36H47F4N5O9S/c1-20-8-6-7-9-22-18-35(22,30(48)43-55(52,53)34(5)14-15-34)42-28(46)26-17-25(45(32(50)51)24-12-10-23(37)11-13-24)19-44(26)29(47)27(21(2)16-20)41-31(49)54-33(3,4)36(38,39)40/h7,9-13,20-22,25-27H,6,8,14-19H2,1-5H3,(H,41,49)(H,42,46)(H,43,48)(H,50,51)/t20-,21-,22-,25-,26+,27+,35-/m1/s1. The zero-order chi connectivity index (χ0) is 40.9. The van der Waals surface area contributed by atoms with Crippen molar-refractivity contribution in [1.29, 1.82) is 0 Å². The summed E-state index contributed by atoms with van der Waals surface area (Å²) >= 11 is 0. The number of carbonyl (C=O) groups is 5. The highest BCUT2D eigenvalue weighted by Crippen LogP contribution is 2.48. The van der Waals surface area contributed by atoms with Crippen LogP contribution in [-0.2, 0) is 29.1 Å². The molecule has 4 aliphatic rings. The molecule has 2 aliphatic carbocycles. The minimum Gasteiger partial charge on any atom is -0.465 e. The summed E-state index contributed by atoms with van der Waals surface area (Å²) in [6.07, 6.45) is -2.87. The molecule has 304 valence electrons. The molecule has 7 atom stereocenters. The fraction of sp³-hybridized carbons (Fsp3) is 0.639. The first kappa shape index (κ1) is 41.7. The Bertz CT molecular complexity index is 1840. The van der Waals surface area contributed by atoms with Gasteiger partial charge in [-0.2, -0.15) is 13.2 Å². The van der Waals surface area contributed by atoms with Crippen LogP contribution in [0, 0.1) is 23.6 Å². The van der Waals surface area contributed by atoms with Gasteiger partial charge in [-0.3, -0.25) is 24.0 Å². The van der Waals surface area contributed by atoms with E-state index >= 15 is 0 Å². The number of rotatable bonds is 7. The summed E-state index contributed by atoms with van der Waals surface area (Å²) in [7, 11) is -4.13. The number of fused-ring (bicyclic) bond motifs is 2. The number of carbonyl (C=O) groups excluding carboxylic acids is 4. The Morgan fingerprint density at radius 1 is 1.07 bits per heavy atom. The van der Waals surface area contributed by atoms with Crippen molar-refractivity contribution in [3.05, 3.63) is 42.2 Å². The third kappa shape index (κ3) is 8.70. The number of allylic oxidation sites excluding steroid dienone is 1. The average Bonchev–Trinajstić information content (AvgIpc) is 3.95. The molecule has 5 amide bonds. The Morgan fingerprint density at radius 2 is 1.71 bits per heavy atom. The molecule has 3 fully saturated rings. The molecular formula is C36H47F4N5O9S. The van der Waals surface area contributed by atoms with E-state index in [1.54, 1.807) is 19.1 Å². The molecule has 0 bridgehead atoms. The van der Waals surface area contributed by atoms with Crippen molar-refractivity contribution in [2.24, 2.45) is 17.8 Å². The van der Waals surface area contributed by atoms with E-state index in [-0.39, 0.29) is 30.9 Å². The Labute approximate surface area is 316 Å².